The maximum Gasteiger partial charge on any atom is 0.293 e. The van der Waals surface area contributed by atoms with Crippen LogP contribution in [0.4, 0.5) is 11.4 Å². The number of benzene rings is 1. The summed E-state index contributed by atoms with van der Waals surface area (Å²) in [7, 11) is -1.79. The minimum absolute atomic E-state index is 0.0000606. The van der Waals surface area contributed by atoms with E-state index in [4.69, 9.17) is 0 Å². The third-order valence-corrected chi connectivity index (χ3v) is 7.61. The lowest BCUT2D eigenvalue weighted by Crippen LogP contribution is -2.47. The Morgan fingerprint density at radius 2 is 1.76 bits per heavy atom. The highest BCUT2D eigenvalue weighted by atomic mass is 32.2. The Bertz CT molecular complexity index is 824. The van der Waals surface area contributed by atoms with Gasteiger partial charge in [0.2, 0.25) is 10.0 Å². The molecular weight excluding hydrogens is 394 g/mol. The number of hydrogen-bond donors (Lipinski definition) is 0. The van der Waals surface area contributed by atoms with Gasteiger partial charge in [-0.3, -0.25) is 10.1 Å². The van der Waals surface area contributed by atoms with Gasteiger partial charge in [-0.1, -0.05) is 6.92 Å². The fourth-order valence-electron chi connectivity index (χ4n) is 4.01. The van der Waals surface area contributed by atoms with Gasteiger partial charge in [-0.2, -0.15) is 4.31 Å². The molecule has 1 aromatic rings. The average Bonchev–Trinajstić information content (AvgIpc) is 2.93. The Hall–Kier alpha value is -1.75. The topological polar surface area (TPSA) is 90.2 Å². The van der Waals surface area contributed by atoms with Crippen LogP contribution in [0.5, 0.6) is 0 Å². The lowest BCUT2D eigenvalue weighted by Gasteiger charge is -2.31. The van der Waals surface area contributed by atoms with Crippen molar-refractivity contribution in [1.29, 1.82) is 0 Å². The molecule has 2 saturated heterocycles. The highest BCUT2D eigenvalue weighted by molar-refractivity contribution is 7.89. The third-order valence-electron chi connectivity index (χ3n) is 5.71. The maximum absolute atomic E-state index is 13.0. The Balaban J connectivity index is 1.85. The van der Waals surface area contributed by atoms with Gasteiger partial charge in [-0.05, 0) is 45.1 Å². The van der Waals surface area contributed by atoms with E-state index in [2.05, 4.69) is 16.7 Å². The van der Waals surface area contributed by atoms with Gasteiger partial charge < -0.3 is 14.7 Å². The number of nitrogens with zero attached hydrogens (tertiary/aromatic N) is 5. The van der Waals surface area contributed by atoms with Crippen LogP contribution in [0.25, 0.3) is 0 Å². The first kappa shape index (κ1) is 21.9. The van der Waals surface area contributed by atoms with Gasteiger partial charge in [0, 0.05) is 51.9 Å². The number of likely N-dealkylation sites (N-methyl/N-ethyl adjacent to an activating group) is 1. The first-order valence-corrected chi connectivity index (χ1v) is 11.7. The molecule has 0 bridgehead atoms. The van der Waals surface area contributed by atoms with Crippen LogP contribution in [-0.2, 0) is 10.0 Å². The molecule has 0 saturated carbocycles. The van der Waals surface area contributed by atoms with Gasteiger partial charge in [0.1, 0.15) is 5.69 Å². The number of anilines is 1. The van der Waals surface area contributed by atoms with Crippen LogP contribution < -0.4 is 4.90 Å². The summed E-state index contributed by atoms with van der Waals surface area (Å²) in [5.41, 5.74) is 0.370. The molecule has 0 N–H and O–H groups in total. The largest absolute Gasteiger partial charge is 0.365 e. The van der Waals surface area contributed by atoms with Crippen LogP contribution in [0.2, 0.25) is 0 Å². The fourth-order valence-corrected chi connectivity index (χ4v) is 5.45. The van der Waals surface area contributed by atoms with Crippen molar-refractivity contribution in [3.8, 4) is 0 Å². The lowest BCUT2D eigenvalue weighted by atomic mass is 10.2. The molecule has 162 valence electrons. The van der Waals surface area contributed by atoms with Gasteiger partial charge in [0.05, 0.1) is 9.82 Å². The molecule has 2 fully saturated rings. The SMILES string of the molecule is CCCN1CCCN(c2ccc(S(=O)(=O)N3CCN(C)CC3)cc2[N+](=O)[O-])CC1. The van der Waals surface area contributed by atoms with Crippen LogP contribution in [-0.4, -0.2) is 93.4 Å². The summed E-state index contributed by atoms with van der Waals surface area (Å²) in [5.74, 6) is 0. The van der Waals surface area contributed by atoms with Crippen molar-refractivity contribution >= 4 is 21.4 Å². The number of nitro groups is 1. The predicted octanol–water partition coefficient (Wildman–Crippen LogP) is 1.45. The number of nitro benzene ring substituents is 1. The van der Waals surface area contributed by atoms with Crippen molar-refractivity contribution in [2.75, 3.05) is 70.9 Å². The summed E-state index contributed by atoms with van der Waals surface area (Å²) < 4.78 is 27.4. The standard InChI is InChI=1S/C19H31N5O4S/c1-3-7-21-8-4-9-22(13-12-21)18-6-5-17(16-19(18)24(25)26)29(27,28)23-14-10-20(2)11-15-23/h5-6,16H,3-4,7-15H2,1-2H3. The zero-order valence-corrected chi connectivity index (χ0v) is 18.1. The van der Waals surface area contributed by atoms with E-state index in [-0.39, 0.29) is 10.6 Å². The summed E-state index contributed by atoms with van der Waals surface area (Å²) in [6, 6.07) is 4.36. The van der Waals surface area contributed by atoms with Gasteiger partial charge in [0.15, 0.2) is 0 Å². The van der Waals surface area contributed by atoms with Crippen molar-refractivity contribution in [3.63, 3.8) is 0 Å². The Labute approximate surface area is 173 Å². The normalized spacial score (nSPS) is 20.6. The van der Waals surface area contributed by atoms with Crippen molar-refractivity contribution < 1.29 is 13.3 Å². The molecule has 0 aromatic heterocycles. The molecule has 29 heavy (non-hydrogen) atoms. The van der Waals surface area contributed by atoms with E-state index in [0.717, 1.165) is 39.0 Å². The van der Waals surface area contributed by atoms with E-state index in [1.54, 1.807) is 6.07 Å². The molecule has 1 aromatic carbocycles. The van der Waals surface area contributed by atoms with E-state index in [1.165, 1.54) is 16.4 Å². The highest BCUT2D eigenvalue weighted by Gasteiger charge is 2.31. The smallest absolute Gasteiger partial charge is 0.293 e. The van der Waals surface area contributed by atoms with Crippen molar-refractivity contribution in [3.05, 3.63) is 28.3 Å². The molecule has 0 aliphatic carbocycles. The van der Waals surface area contributed by atoms with Crippen molar-refractivity contribution in [1.82, 2.24) is 14.1 Å². The minimum atomic E-state index is -3.74. The summed E-state index contributed by atoms with van der Waals surface area (Å²) in [6.07, 6.45) is 2.01. The lowest BCUT2D eigenvalue weighted by molar-refractivity contribution is -0.384. The van der Waals surface area contributed by atoms with E-state index in [1.807, 2.05) is 11.9 Å². The van der Waals surface area contributed by atoms with E-state index in [9.17, 15) is 18.5 Å². The molecule has 10 heteroatoms. The number of rotatable bonds is 6. The molecule has 0 spiro atoms. The Morgan fingerprint density at radius 3 is 2.41 bits per heavy atom. The second-order valence-electron chi connectivity index (χ2n) is 7.80. The molecule has 2 aliphatic heterocycles. The van der Waals surface area contributed by atoms with Crippen molar-refractivity contribution in [2.24, 2.45) is 0 Å². The van der Waals surface area contributed by atoms with Gasteiger partial charge >= 0.3 is 0 Å². The zero-order valence-electron chi connectivity index (χ0n) is 17.3. The van der Waals surface area contributed by atoms with E-state index < -0.39 is 14.9 Å². The minimum Gasteiger partial charge on any atom is -0.365 e. The molecule has 2 aliphatic rings. The fraction of sp³-hybridized carbons (Fsp3) is 0.684. The quantitative estimate of drug-likeness (QED) is 0.503. The van der Waals surface area contributed by atoms with Crippen LogP contribution in [0.15, 0.2) is 23.1 Å². The summed E-state index contributed by atoms with van der Waals surface area (Å²) in [6.45, 7) is 8.53. The molecule has 0 amide bonds. The molecule has 2 heterocycles. The molecule has 3 rings (SSSR count). The molecule has 0 unspecified atom stereocenters. The summed E-state index contributed by atoms with van der Waals surface area (Å²) in [4.78, 5) is 17.8. The average molecular weight is 426 g/mol. The number of hydrogen-bond acceptors (Lipinski definition) is 7. The van der Waals surface area contributed by atoms with Gasteiger partial charge in [-0.25, -0.2) is 8.42 Å². The molecular formula is C19H31N5O4S. The zero-order chi connectivity index (χ0) is 21.0. The second kappa shape index (κ2) is 9.38. The Morgan fingerprint density at radius 1 is 1.03 bits per heavy atom. The van der Waals surface area contributed by atoms with E-state index >= 15 is 0 Å². The van der Waals surface area contributed by atoms with E-state index in [0.29, 0.717) is 38.4 Å². The molecule has 0 radical (unpaired) electrons. The monoisotopic (exact) mass is 425 g/mol. The van der Waals surface area contributed by atoms with Crippen LogP contribution >= 0.6 is 0 Å². The number of sulfonamides is 1. The first-order chi connectivity index (χ1) is 13.8. The third kappa shape index (κ3) is 5.06. The molecule has 9 nitrogen and oxygen atoms in total. The second-order valence-corrected chi connectivity index (χ2v) is 9.74. The summed E-state index contributed by atoms with van der Waals surface area (Å²) >= 11 is 0. The van der Waals surface area contributed by atoms with Crippen molar-refractivity contribution in [2.45, 2.75) is 24.7 Å². The van der Waals surface area contributed by atoms with Gasteiger partial charge in [0.25, 0.3) is 5.69 Å². The highest BCUT2D eigenvalue weighted by Crippen LogP contribution is 2.32. The van der Waals surface area contributed by atoms with Crippen LogP contribution in [0, 0.1) is 10.1 Å². The summed E-state index contributed by atoms with van der Waals surface area (Å²) in [5, 5.41) is 11.8. The van der Waals surface area contributed by atoms with Crippen LogP contribution in [0.1, 0.15) is 19.8 Å². The van der Waals surface area contributed by atoms with Crippen LogP contribution in [0.3, 0.4) is 0 Å². The van der Waals surface area contributed by atoms with Gasteiger partial charge in [-0.15, -0.1) is 0 Å². The molecule has 0 atom stereocenters. The predicted molar refractivity (Wildman–Crippen MR) is 113 cm³/mol. The Kier molecular flexibility index (Phi) is 7.10. The first-order valence-electron chi connectivity index (χ1n) is 10.3. The maximum atomic E-state index is 13.0. The number of piperazine rings is 1.